The normalized spacial score (nSPS) is 28.7. The van der Waals surface area contributed by atoms with E-state index in [2.05, 4.69) is 16.3 Å². The van der Waals surface area contributed by atoms with Gasteiger partial charge in [-0.25, -0.2) is 0 Å². The zero-order chi connectivity index (χ0) is 22.5. The molecule has 1 amide bonds. The number of nitrogens with one attached hydrogen (secondary N) is 1. The van der Waals surface area contributed by atoms with Gasteiger partial charge in [-0.1, -0.05) is 12.1 Å². The van der Waals surface area contributed by atoms with E-state index in [0.29, 0.717) is 29.7 Å². The van der Waals surface area contributed by atoms with Crippen LogP contribution in [0.15, 0.2) is 28.7 Å². The molecular formula is C25H32N2O5. The third kappa shape index (κ3) is 3.48. The summed E-state index contributed by atoms with van der Waals surface area (Å²) in [6.07, 6.45) is 2.40. The molecule has 3 fully saturated rings. The van der Waals surface area contributed by atoms with E-state index in [1.807, 2.05) is 32.0 Å². The summed E-state index contributed by atoms with van der Waals surface area (Å²) in [6, 6.07) is 7.83. The SMILES string of the molecule is COc1cccc(CN2C[C@@H]3[C@H](CNC(=O)c4cc(C)oc4C)[C@H]4CC[C@]3(C2)O4)c1OC. The first-order chi connectivity index (χ1) is 15.4. The van der Waals surface area contributed by atoms with Gasteiger partial charge in [0.2, 0.25) is 0 Å². The molecule has 1 N–H and O–H groups in total. The Hall–Kier alpha value is -2.51. The Bertz CT molecular complexity index is 1020. The monoisotopic (exact) mass is 440 g/mol. The van der Waals surface area contributed by atoms with Crippen LogP contribution in [0, 0.1) is 25.7 Å². The fourth-order valence-corrected chi connectivity index (χ4v) is 6.16. The first kappa shape index (κ1) is 21.3. The lowest BCUT2D eigenvalue weighted by Gasteiger charge is -2.29. The number of carbonyl (C=O) groups excluding carboxylic acids is 1. The minimum atomic E-state index is -0.0890. The molecule has 4 heterocycles. The fourth-order valence-electron chi connectivity index (χ4n) is 6.16. The van der Waals surface area contributed by atoms with Crippen LogP contribution in [0.2, 0.25) is 0 Å². The molecule has 7 heteroatoms. The molecule has 4 atom stereocenters. The number of para-hydroxylation sites is 1. The highest BCUT2D eigenvalue weighted by molar-refractivity contribution is 5.95. The molecule has 1 aromatic heterocycles. The molecule has 3 saturated heterocycles. The first-order valence-corrected chi connectivity index (χ1v) is 11.4. The van der Waals surface area contributed by atoms with E-state index < -0.39 is 0 Å². The van der Waals surface area contributed by atoms with Crippen molar-refractivity contribution in [3.05, 3.63) is 46.9 Å². The van der Waals surface area contributed by atoms with Gasteiger partial charge in [0.25, 0.3) is 5.91 Å². The number of rotatable bonds is 7. The minimum absolute atomic E-state index is 0.0628. The summed E-state index contributed by atoms with van der Waals surface area (Å²) in [5, 5.41) is 3.15. The second-order valence-electron chi connectivity index (χ2n) is 9.39. The van der Waals surface area contributed by atoms with Crippen LogP contribution < -0.4 is 14.8 Å². The standard InChI is InChI=1S/C25H32N2O5/c1-15-10-18(16(2)31-15)24(28)26-11-19-20-13-27(14-25(20)9-8-21(19)32-25)12-17-6-5-7-22(29-3)23(17)30-4/h5-7,10,19-21H,8-9,11-14H2,1-4H3,(H,26,28)/t19-,20+,21+,25+/m0/s1. The first-order valence-electron chi connectivity index (χ1n) is 11.4. The molecule has 3 aliphatic rings. The maximum atomic E-state index is 12.7. The Kier molecular flexibility index (Phi) is 5.42. The Morgan fingerprint density at radius 1 is 1.28 bits per heavy atom. The Labute approximate surface area is 189 Å². The molecule has 0 aliphatic carbocycles. The summed E-state index contributed by atoms with van der Waals surface area (Å²) in [6.45, 7) is 7.00. The molecule has 0 saturated carbocycles. The number of fused-ring (bicyclic) bond motifs is 1. The van der Waals surface area contributed by atoms with Crippen LogP contribution in [0.4, 0.5) is 0 Å². The van der Waals surface area contributed by atoms with Crippen LogP contribution in [-0.4, -0.2) is 56.4 Å². The molecule has 7 nitrogen and oxygen atoms in total. The second-order valence-corrected chi connectivity index (χ2v) is 9.39. The van der Waals surface area contributed by atoms with Gasteiger partial charge in [-0.15, -0.1) is 0 Å². The van der Waals surface area contributed by atoms with Crippen LogP contribution in [0.3, 0.4) is 0 Å². The summed E-state index contributed by atoms with van der Waals surface area (Å²) in [7, 11) is 3.35. The van der Waals surface area contributed by atoms with Gasteiger partial charge in [-0.2, -0.15) is 0 Å². The minimum Gasteiger partial charge on any atom is -0.493 e. The third-order valence-corrected chi connectivity index (χ3v) is 7.52. The van der Waals surface area contributed by atoms with Crippen molar-refractivity contribution in [2.75, 3.05) is 33.9 Å². The van der Waals surface area contributed by atoms with Gasteiger partial charge in [0.05, 0.1) is 31.5 Å². The number of nitrogens with zero attached hydrogens (tertiary/aromatic N) is 1. The zero-order valence-electron chi connectivity index (χ0n) is 19.3. The van der Waals surface area contributed by atoms with Gasteiger partial charge in [0.1, 0.15) is 11.5 Å². The predicted molar refractivity (Wildman–Crippen MR) is 119 cm³/mol. The molecule has 5 rings (SSSR count). The lowest BCUT2D eigenvalue weighted by molar-refractivity contribution is 0.00207. The number of ether oxygens (including phenoxy) is 3. The van der Waals surface area contributed by atoms with Gasteiger partial charge < -0.3 is 23.9 Å². The average Bonchev–Trinajstić information content (AvgIpc) is 3.50. The van der Waals surface area contributed by atoms with Crippen LogP contribution in [0.5, 0.6) is 11.5 Å². The number of likely N-dealkylation sites (tertiary alicyclic amines) is 1. The highest BCUT2D eigenvalue weighted by atomic mass is 16.5. The number of aryl methyl sites for hydroxylation is 2. The van der Waals surface area contributed by atoms with E-state index in [-0.39, 0.29) is 17.6 Å². The van der Waals surface area contributed by atoms with E-state index in [1.165, 1.54) is 0 Å². The lowest BCUT2D eigenvalue weighted by Crippen LogP contribution is -2.41. The number of furan rings is 1. The Morgan fingerprint density at radius 2 is 2.12 bits per heavy atom. The molecule has 32 heavy (non-hydrogen) atoms. The van der Waals surface area contributed by atoms with Crippen LogP contribution in [-0.2, 0) is 11.3 Å². The lowest BCUT2D eigenvalue weighted by atomic mass is 9.73. The van der Waals surface area contributed by atoms with Gasteiger partial charge in [0, 0.05) is 43.6 Å². The Morgan fingerprint density at radius 3 is 2.84 bits per heavy atom. The number of benzene rings is 1. The molecular weight excluding hydrogens is 408 g/mol. The topological polar surface area (TPSA) is 73.2 Å². The average molecular weight is 441 g/mol. The van der Waals surface area contributed by atoms with Crippen molar-refractivity contribution in [1.29, 1.82) is 0 Å². The van der Waals surface area contributed by atoms with Crippen LogP contribution in [0.1, 0.15) is 40.3 Å². The largest absolute Gasteiger partial charge is 0.493 e. The molecule has 172 valence electrons. The van der Waals surface area contributed by atoms with Gasteiger partial charge in [-0.05, 0) is 38.8 Å². The molecule has 0 unspecified atom stereocenters. The molecule has 3 aliphatic heterocycles. The van der Waals surface area contributed by atoms with Crippen molar-refractivity contribution in [1.82, 2.24) is 10.2 Å². The van der Waals surface area contributed by atoms with E-state index in [1.54, 1.807) is 14.2 Å². The number of carbonyl (C=O) groups is 1. The quantitative estimate of drug-likeness (QED) is 0.712. The number of hydrogen-bond acceptors (Lipinski definition) is 6. The number of amides is 1. The van der Waals surface area contributed by atoms with Crippen molar-refractivity contribution < 1.29 is 23.4 Å². The summed E-state index contributed by atoms with van der Waals surface area (Å²) >= 11 is 0. The van der Waals surface area contributed by atoms with Gasteiger partial charge in [0.15, 0.2) is 11.5 Å². The van der Waals surface area contributed by atoms with Gasteiger partial charge >= 0.3 is 0 Å². The molecule has 1 spiro atoms. The fraction of sp³-hybridized carbons (Fsp3) is 0.560. The zero-order valence-corrected chi connectivity index (χ0v) is 19.3. The smallest absolute Gasteiger partial charge is 0.254 e. The number of hydrogen-bond donors (Lipinski definition) is 1. The molecule has 2 bridgehead atoms. The second kappa shape index (κ2) is 8.12. The third-order valence-electron chi connectivity index (χ3n) is 7.52. The van der Waals surface area contributed by atoms with Crippen molar-refractivity contribution >= 4 is 5.91 Å². The van der Waals surface area contributed by atoms with Crippen LogP contribution >= 0.6 is 0 Å². The summed E-state index contributed by atoms with van der Waals surface area (Å²) in [4.78, 5) is 15.2. The van der Waals surface area contributed by atoms with Crippen molar-refractivity contribution in [2.45, 2.75) is 44.9 Å². The predicted octanol–water partition coefficient (Wildman–Crippen LogP) is 3.32. The van der Waals surface area contributed by atoms with Crippen molar-refractivity contribution in [2.24, 2.45) is 11.8 Å². The maximum absolute atomic E-state index is 12.7. The Balaban J connectivity index is 1.27. The summed E-state index contributed by atoms with van der Waals surface area (Å²) in [5.74, 6) is 3.67. The molecule has 0 radical (unpaired) electrons. The number of methoxy groups -OCH3 is 2. The van der Waals surface area contributed by atoms with E-state index >= 15 is 0 Å². The van der Waals surface area contributed by atoms with Crippen molar-refractivity contribution in [3.8, 4) is 11.5 Å². The molecule has 2 aromatic rings. The van der Waals surface area contributed by atoms with E-state index in [4.69, 9.17) is 18.6 Å². The highest BCUT2D eigenvalue weighted by Gasteiger charge is 2.62. The highest BCUT2D eigenvalue weighted by Crippen LogP contribution is 2.55. The maximum Gasteiger partial charge on any atom is 0.254 e. The summed E-state index contributed by atoms with van der Waals surface area (Å²) in [5.41, 5.74) is 1.65. The van der Waals surface area contributed by atoms with Crippen LogP contribution in [0.25, 0.3) is 0 Å². The van der Waals surface area contributed by atoms with Crippen molar-refractivity contribution in [3.63, 3.8) is 0 Å². The summed E-state index contributed by atoms with van der Waals surface area (Å²) < 4.78 is 23.2. The van der Waals surface area contributed by atoms with Gasteiger partial charge in [-0.3, -0.25) is 9.69 Å². The van der Waals surface area contributed by atoms with E-state index in [9.17, 15) is 4.79 Å². The molecule has 1 aromatic carbocycles. The van der Waals surface area contributed by atoms with E-state index in [0.717, 1.165) is 55.3 Å².